The summed E-state index contributed by atoms with van der Waals surface area (Å²) in [5, 5.41) is 5.75. The molecule has 3 atom stereocenters. The normalized spacial score (nSPS) is 23.8. The van der Waals surface area contributed by atoms with E-state index >= 15 is 0 Å². The first-order valence-corrected chi connectivity index (χ1v) is 10.3. The molecule has 0 radical (unpaired) electrons. The van der Waals surface area contributed by atoms with E-state index in [-0.39, 0.29) is 29.2 Å². The van der Waals surface area contributed by atoms with E-state index in [0.717, 1.165) is 12.8 Å². The Morgan fingerprint density at radius 1 is 1.41 bits per heavy atom. The highest BCUT2D eigenvalue weighted by molar-refractivity contribution is 7.73. The quantitative estimate of drug-likeness (QED) is 0.565. The van der Waals surface area contributed by atoms with E-state index in [4.69, 9.17) is 28.6 Å². The zero-order chi connectivity index (χ0) is 19.1. The van der Waals surface area contributed by atoms with Gasteiger partial charge in [-0.1, -0.05) is 23.5 Å². The molecule has 27 heavy (non-hydrogen) atoms. The minimum absolute atomic E-state index is 0.0117. The number of alkyl halides is 1. The Balaban J connectivity index is 1.70. The lowest BCUT2D eigenvalue weighted by Gasteiger charge is -2.38. The number of nitrogens with one attached hydrogen (secondary N) is 2. The van der Waals surface area contributed by atoms with Crippen LogP contribution >= 0.6 is 35.2 Å². The molecule has 1 fully saturated rings. The number of thiazole rings is 1. The highest BCUT2D eigenvalue weighted by Crippen LogP contribution is 2.44. The minimum atomic E-state index is -0.332. The van der Waals surface area contributed by atoms with Gasteiger partial charge in [0, 0.05) is 5.38 Å². The van der Waals surface area contributed by atoms with E-state index in [2.05, 4.69) is 10.6 Å². The Morgan fingerprint density at radius 2 is 2.19 bits per heavy atom. The second-order valence-corrected chi connectivity index (χ2v) is 8.90. The van der Waals surface area contributed by atoms with Crippen LogP contribution in [0, 0.1) is 9.87 Å². The van der Waals surface area contributed by atoms with Crippen LogP contribution in [0.1, 0.15) is 35.0 Å². The van der Waals surface area contributed by atoms with Crippen LogP contribution in [0.25, 0.3) is 0 Å². The van der Waals surface area contributed by atoms with Crippen LogP contribution in [0.5, 0.6) is 5.75 Å². The molecule has 2 aromatic rings. The maximum Gasteiger partial charge on any atom is 0.269 e. The Morgan fingerprint density at radius 3 is 2.96 bits per heavy atom. The number of halogens is 1. The predicted octanol–water partition coefficient (Wildman–Crippen LogP) is 4.44. The smallest absolute Gasteiger partial charge is 0.269 e. The Bertz CT molecular complexity index is 971. The SMILES string of the molecule is COc1ccccc1NC(=O)c1sc(=S)n2c1NC(=O)C1CCC(Cl)CC12. The molecule has 1 aromatic carbocycles. The molecule has 0 bridgehead atoms. The number of benzene rings is 1. The fourth-order valence-electron chi connectivity index (χ4n) is 3.78. The zero-order valence-corrected chi connectivity index (χ0v) is 16.9. The number of anilines is 2. The lowest BCUT2D eigenvalue weighted by atomic mass is 9.82. The second kappa shape index (κ2) is 7.26. The molecule has 2 heterocycles. The van der Waals surface area contributed by atoms with Gasteiger partial charge < -0.3 is 19.9 Å². The molecule has 1 saturated carbocycles. The molecule has 1 aromatic heterocycles. The maximum absolute atomic E-state index is 12.9. The molecule has 3 unspecified atom stereocenters. The third-order valence-electron chi connectivity index (χ3n) is 5.07. The lowest BCUT2D eigenvalue weighted by Crippen LogP contribution is -2.41. The van der Waals surface area contributed by atoms with E-state index < -0.39 is 0 Å². The summed E-state index contributed by atoms with van der Waals surface area (Å²) in [6, 6.07) is 7.06. The van der Waals surface area contributed by atoms with Crippen molar-refractivity contribution in [1.82, 2.24) is 4.57 Å². The number of rotatable bonds is 3. The monoisotopic (exact) mass is 423 g/mol. The highest BCUT2D eigenvalue weighted by atomic mass is 35.5. The van der Waals surface area contributed by atoms with Crippen LogP contribution in [-0.2, 0) is 4.79 Å². The summed E-state index contributed by atoms with van der Waals surface area (Å²) >= 11 is 13.1. The molecule has 1 aliphatic carbocycles. The Kier molecular flexibility index (Phi) is 4.96. The number of carbonyl (C=O) groups excluding carboxylic acids is 2. The molecule has 0 spiro atoms. The average Bonchev–Trinajstić information content (AvgIpc) is 2.98. The molecule has 9 heteroatoms. The fraction of sp³-hybridized carbons (Fsp3) is 0.389. The van der Waals surface area contributed by atoms with Crippen molar-refractivity contribution in [2.75, 3.05) is 17.7 Å². The number of hydrogen-bond donors (Lipinski definition) is 2. The van der Waals surface area contributed by atoms with Gasteiger partial charge in [-0.3, -0.25) is 9.59 Å². The Hall–Kier alpha value is -1.90. The Labute approximate surface area is 170 Å². The van der Waals surface area contributed by atoms with Crippen LogP contribution in [0.3, 0.4) is 0 Å². The molecule has 4 rings (SSSR count). The molecule has 2 amide bonds. The van der Waals surface area contributed by atoms with Crippen molar-refractivity contribution >= 4 is 58.5 Å². The number of nitrogens with zero attached hydrogens (tertiary/aromatic N) is 1. The topological polar surface area (TPSA) is 72.4 Å². The number of ether oxygens (including phenoxy) is 1. The molecule has 6 nitrogen and oxygen atoms in total. The van der Waals surface area contributed by atoms with E-state index in [0.29, 0.717) is 32.5 Å². The lowest BCUT2D eigenvalue weighted by molar-refractivity contribution is -0.123. The van der Waals surface area contributed by atoms with Gasteiger partial charge in [-0.15, -0.1) is 11.6 Å². The van der Waals surface area contributed by atoms with Crippen LogP contribution in [-0.4, -0.2) is 28.9 Å². The molecule has 2 N–H and O–H groups in total. The van der Waals surface area contributed by atoms with Gasteiger partial charge in [-0.05, 0) is 43.6 Å². The van der Waals surface area contributed by atoms with Crippen LogP contribution in [0.2, 0.25) is 0 Å². The first-order chi connectivity index (χ1) is 13.0. The van der Waals surface area contributed by atoms with Crippen molar-refractivity contribution in [3.8, 4) is 5.75 Å². The predicted molar refractivity (Wildman–Crippen MR) is 109 cm³/mol. The fourth-order valence-corrected chi connectivity index (χ4v) is 5.46. The van der Waals surface area contributed by atoms with Crippen molar-refractivity contribution in [1.29, 1.82) is 0 Å². The van der Waals surface area contributed by atoms with Crippen molar-refractivity contribution in [2.24, 2.45) is 5.92 Å². The standard InChI is InChI=1S/C18H18ClN3O3S2/c1-25-13-5-3-2-4-11(13)20-17(24)14-15-21-16(23)10-7-6-9(19)8-12(10)22(15)18(26)27-14/h2-5,9-10,12H,6-8H2,1H3,(H,20,24)(H,21,23). The number of aromatic nitrogens is 1. The summed E-state index contributed by atoms with van der Waals surface area (Å²) < 4.78 is 7.74. The molecule has 0 saturated heterocycles. The van der Waals surface area contributed by atoms with Gasteiger partial charge in [0.1, 0.15) is 16.4 Å². The van der Waals surface area contributed by atoms with Gasteiger partial charge in [0.15, 0.2) is 3.95 Å². The summed E-state index contributed by atoms with van der Waals surface area (Å²) in [5.41, 5.74) is 0.557. The van der Waals surface area contributed by atoms with Crippen molar-refractivity contribution in [3.05, 3.63) is 33.1 Å². The van der Waals surface area contributed by atoms with Crippen molar-refractivity contribution in [3.63, 3.8) is 0 Å². The number of hydrogen-bond acceptors (Lipinski definition) is 5. The van der Waals surface area contributed by atoms with Crippen molar-refractivity contribution < 1.29 is 14.3 Å². The van der Waals surface area contributed by atoms with Crippen LogP contribution in [0.15, 0.2) is 24.3 Å². The first-order valence-electron chi connectivity index (χ1n) is 8.64. The number of amides is 2. The van der Waals surface area contributed by atoms with Gasteiger partial charge >= 0.3 is 0 Å². The van der Waals surface area contributed by atoms with Gasteiger partial charge in [-0.2, -0.15) is 0 Å². The summed E-state index contributed by atoms with van der Waals surface area (Å²) in [4.78, 5) is 25.9. The number of fused-ring (bicyclic) bond motifs is 3. The zero-order valence-electron chi connectivity index (χ0n) is 14.5. The van der Waals surface area contributed by atoms with Crippen molar-refractivity contribution in [2.45, 2.75) is 30.7 Å². The maximum atomic E-state index is 12.9. The van der Waals surface area contributed by atoms with E-state index in [1.54, 1.807) is 19.2 Å². The summed E-state index contributed by atoms with van der Waals surface area (Å²) in [5.74, 6) is 0.473. The average molecular weight is 424 g/mol. The molecule has 2 aliphatic rings. The number of methoxy groups -OCH3 is 1. The van der Waals surface area contributed by atoms with Crippen LogP contribution < -0.4 is 15.4 Å². The minimum Gasteiger partial charge on any atom is -0.495 e. The molecule has 142 valence electrons. The molecule has 1 aliphatic heterocycles. The van der Waals surface area contributed by atoms with Crippen LogP contribution in [0.4, 0.5) is 11.5 Å². The number of carbonyl (C=O) groups is 2. The summed E-state index contributed by atoms with van der Waals surface area (Å²) in [6.07, 6.45) is 2.21. The van der Waals surface area contributed by atoms with Gasteiger partial charge in [0.2, 0.25) is 5.91 Å². The summed E-state index contributed by atoms with van der Waals surface area (Å²) in [6.45, 7) is 0. The van der Waals surface area contributed by atoms with Gasteiger partial charge in [-0.25, -0.2) is 0 Å². The largest absolute Gasteiger partial charge is 0.495 e. The molecular weight excluding hydrogens is 406 g/mol. The second-order valence-electron chi connectivity index (χ2n) is 6.64. The van der Waals surface area contributed by atoms with E-state index in [1.807, 2.05) is 16.7 Å². The third-order valence-corrected chi connectivity index (χ3v) is 6.86. The van der Waals surface area contributed by atoms with E-state index in [9.17, 15) is 9.59 Å². The third kappa shape index (κ3) is 3.26. The van der Waals surface area contributed by atoms with E-state index in [1.165, 1.54) is 11.3 Å². The summed E-state index contributed by atoms with van der Waals surface area (Å²) in [7, 11) is 1.54. The highest BCUT2D eigenvalue weighted by Gasteiger charge is 2.42. The van der Waals surface area contributed by atoms with Gasteiger partial charge in [0.25, 0.3) is 5.91 Å². The number of para-hydroxylation sites is 2. The first kappa shape index (κ1) is 18.5. The molecular formula is C18H18ClN3O3S2. The van der Waals surface area contributed by atoms with Gasteiger partial charge in [0.05, 0.1) is 24.8 Å².